The highest BCUT2D eigenvalue weighted by Crippen LogP contribution is 2.17. The van der Waals surface area contributed by atoms with Crippen LogP contribution in [0.4, 0.5) is 0 Å². The number of hydrogen-bond acceptors (Lipinski definition) is 6. The van der Waals surface area contributed by atoms with Gasteiger partial charge in [0.15, 0.2) is 6.10 Å². The number of allylic oxidation sites excluding steroid dienone is 6. The largest absolute Gasteiger partial charge is 0.462 e. The highest BCUT2D eigenvalue weighted by molar-refractivity contribution is 5.71. The minimum Gasteiger partial charge on any atom is -0.462 e. The maximum Gasteiger partial charge on any atom is 0.306 e. The summed E-state index contributed by atoms with van der Waals surface area (Å²) in [7, 11) is 0. The number of carbonyl (C=O) groups excluding carboxylic acids is 3. The molecular weight excluding hydrogens is 877 g/mol. The first-order valence-electron chi connectivity index (χ1n) is 31.5. The zero-order chi connectivity index (χ0) is 51.4. The van der Waals surface area contributed by atoms with Crippen LogP contribution in [-0.2, 0) is 28.6 Å². The predicted octanol–water partition coefficient (Wildman–Crippen LogP) is 21.2. The fourth-order valence-corrected chi connectivity index (χ4v) is 9.34. The summed E-state index contributed by atoms with van der Waals surface area (Å²) >= 11 is 0. The van der Waals surface area contributed by atoms with E-state index in [0.717, 1.165) is 70.6 Å². The summed E-state index contributed by atoms with van der Waals surface area (Å²) in [6.07, 6.45) is 73.0. The lowest BCUT2D eigenvalue weighted by atomic mass is 10.0. The van der Waals surface area contributed by atoms with E-state index in [0.29, 0.717) is 19.3 Å². The van der Waals surface area contributed by atoms with Gasteiger partial charge in [-0.2, -0.15) is 0 Å². The summed E-state index contributed by atoms with van der Waals surface area (Å²) in [5.74, 6) is -0.866. The molecule has 0 rings (SSSR count). The number of rotatable bonds is 58. The van der Waals surface area contributed by atoms with Gasteiger partial charge in [0.1, 0.15) is 13.2 Å². The lowest BCUT2D eigenvalue weighted by Crippen LogP contribution is -2.30. The Balaban J connectivity index is 4.25. The zero-order valence-electron chi connectivity index (χ0n) is 47.8. The van der Waals surface area contributed by atoms with E-state index in [1.54, 1.807) is 0 Å². The smallest absolute Gasteiger partial charge is 0.306 e. The van der Waals surface area contributed by atoms with Crippen LogP contribution in [-0.4, -0.2) is 37.2 Å². The van der Waals surface area contributed by atoms with Crippen molar-refractivity contribution in [1.82, 2.24) is 0 Å². The first kappa shape index (κ1) is 68.6. The van der Waals surface area contributed by atoms with Gasteiger partial charge < -0.3 is 14.2 Å². The van der Waals surface area contributed by atoms with Crippen molar-refractivity contribution in [2.24, 2.45) is 0 Å². The average molecular weight is 998 g/mol. The van der Waals surface area contributed by atoms with E-state index in [2.05, 4.69) is 57.2 Å². The molecule has 6 heteroatoms. The summed E-state index contributed by atoms with van der Waals surface area (Å²) in [4.78, 5) is 38.2. The molecule has 0 spiro atoms. The molecule has 0 heterocycles. The molecule has 0 aromatic heterocycles. The van der Waals surface area contributed by atoms with Gasteiger partial charge in [0, 0.05) is 19.3 Å². The van der Waals surface area contributed by atoms with Crippen LogP contribution in [0.5, 0.6) is 0 Å². The van der Waals surface area contributed by atoms with Gasteiger partial charge in [0.05, 0.1) is 0 Å². The van der Waals surface area contributed by atoms with Crippen molar-refractivity contribution < 1.29 is 28.6 Å². The molecule has 0 saturated carbocycles. The molecule has 0 aliphatic heterocycles. The maximum absolute atomic E-state index is 12.9. The minimum absolute atomic E-state index is 0.0733. The van der Waals surface area contributed by atoms with E-state index < -0.39 is 6.10 Å². The van der Waals surface area contributed by atoms with E-state index in [1.165, 1.54) is 231 Å². The molecule has 0 aromatic carbocycles. The van der Waals surface area contributed by atoms with Gasteiger partial charge in [-0.25, -0.2) is 0 Å². The first-order chi connectivity index (χ1) is 35.0. The Labute approximate surface area is 442 Å². The Hall–Kier alpha value is -2.37. The average Bonchev–Trinajstić information content (AvgIpc) is 3.37. The topological polar surface area (TPSA) is 78.9 Å². The van der Waals surface area contributed by atoms with Crippen molar-refractivity contribution in [2.75, 3.05) is 13.2 Å². The third-order valence-corrected chi connectivity index (χ3v) is 14.1. The summed E-state index contributed by atoms with van der Waals surface area (Å²) in [5.41, 5.74) is 0. The van der Waals surface area contributed by atoms with Gasteiger partial charge in [-0.05, 0) is 70.6 Å². The van der Waals surface area contributed by atoms with E-state index in [9.17, 15) is 14.4 Å². The lowest BCUT2D eigenvalue weighted by Gasteiger charge is -2.18. The summed E-state index contributed by atoms with van der Waals surface area (Å²) in [5, 5.41) is 0. The van der Waals surface area contributed by atoms with Crippen LogP contribution in [0.3, 0.4) is 0 Å². The highest BCUT2D eigenvalue weighted by Gasteiger charge is 2.19. The number of unbranched alkanes of at least 4 members (excludes halogenated alkanes) is 41. The predicted molar refractivity (Wildman–Crippen MR) is 307 cm³/mol. The van der Waals surface area contributed by atoms with Crippen molar-refractivity contribution in [2.45, 2.75) is 348 Å². The minimum atomic E-state index is -0.774. The molecule has 0 N–H and O–H groups in total. The number of carbonyl (C=O) groups is 3. The van der Waals surface area contributed by atoms with Crippen LogP contribution in [0.25, 0.3) is 0 Å². The number of esters is 3. The van der Waals surface area contributed by atoms with Crippen LogP contribution in [0.15, 0.2) is 36.5 Å². The Morgan fingerprint density at radius 3 is 0.831 bits per heavy atom. The summed E-state index contributed by atoms with van der Waals surface area (Å²) in [6, 6.07) is 0. The first-order valence-corrected chi connectivity index (χ1v) is 31.5. The molecule has 0 radical (unpaired) electrons. The molecule has 1 unspecified atom stereocenters. The quantitative estimate of drug-likeness (QED) is 0.0261. The normalized spacial score (nSPS) is 12.2. The molecule has 0 aliphatic rings. The molecule has 0 aliphatic carbocycles. The number of ether oxygens (including phenoxy) is 3. The van der Waals surface area contributed by atoms with E-state index in [4.69, 9.17) is 14.2 Å². The van der Waals surface area contributed by atoms with Crippen LogP contribution < -0.4 is 0 Å². The van der Waals surface area contributed by atoms with Crippen molar-refractivity contribution in [3.63, 3.8) is 0 Å². The molecular formula is C65H120O6. The van der Waals surface area contributed by atoms with Gasteiger partial charge >= 0.3 is 17.9 Å². The Kier molecular flexibility index (Phi) is 58.2. The fraction of sp³-hybridized carbons (Fsp3) is 0.862. The summed E-state index contributed by atoms with van der Waals surface area (Å²) < 4.78 is 16.9. The van der Waals surface area contributed by atoms with Gasteiger partial charge in [0.2, 0.25) is 0 Å². The second-order valence-electron chi connectivity index (χ2n) is 21.3. The molecule has 6 nitrogen and oxygen atoms in total. The molecule has 0 amide bonds. The van der Waals surface area contributed by atoms with Crippen molar-refractivity contribution in [1.29, 1.82) is 0 Å². The van der Waals surface area contributed by atoms with Gasteiger partial charge in [-0.15, -0.1) is 0 Å². The maximum atomic E-state index is 12.9. The van der Waals surface area contributed by atoms with Crippen LogP contribution >= 0.6 is 0 Å². The van der Waals surface area contributed by atoms with Crippen molar-refractivity contribution in [3.05, 3.63) is 36.5 Å². The fourth-order valence-electron chi connectivity index (χ4n) is 9.34. The van der Waals surface area contributed by atoms with Crippen molar-refractivity contribution in [3.8, 4) is 0 Å². The van der Waals surface area contributed by atoms with Crippen LogP contribution in [0, 0.1) is 0 Å². The summed E-state index contributed by atoms with van der Waals surface area (Å²) in [6.45, 7) is 6.64. The lowest BCUT2D eigenvalue weighted by molar-refractivity contribution is -0.167. The van der Waals surface area contributed by atoms with E-state index >= 15 is 0 Å². The van der Waals surface area contributed by atoms with Gasteiger partial charge in [-0.3, -0.25) is 14.4 Å². The second-order valence-corrected chi connectivity index (χ2v) is 21.3. The molecule has 0 bridgehead atoms. The van der Waals surface area contributed by atoms with Gasteiger partial charge in [0.25, 0.3) is 0 Å². The SMILES string of the molecule is CCCC/C=C\CCCCCCCC(=O)OCC(COC(=O)CCCCCCCCCCC/C=C\C/C=C\CCCCCCC)OC(=O)CCCCCCCCCCCCCCCCCCCCCCC. The Bertz CT molecular complexity index is 1190. The number of hydrogen-bond donors (Lipinski definition) is 0. The third kappa shape index (κ3) is 58.4. The molecule has 71 heavy (non-hydrogen) atoms. The molecule has 0 saturated heterocycles. The standard InChI is InChI=1S/C65H120O6/c1-4-7-10-13-16-19-22-24-26-28-30-32-34-36-38-40-43-46-49-52-55-58-64(67)70-61-62(60-69-63(66)57-54-51-48-45-42-21-18-15-12-9-6-3)71-65(68)59-56-53-50-47-44-41-39-37-35-33-31-29-27-25-23-20-17-14-11-8-5-2/h15,18,22,24,28,30,62H,4-14,16-17,19-21,23,25-27,29,31-61H2,1-3H3/b18-15-,24-22-,30-28-. The second kappa shape index (κ2) is 60.2. The third-order valence-electron chi connectivity index (χ3n) is 14.1. The molecule has 416 valence electrons. The van der Waals surface area contributed by atoms with E-state index in [-0.39, 0.29) is 31.1 Å². The monoisotopic (exact) mass is 997 g/mol. The molecule has 0 fully saturated rings. The van der Waals surface area contributed by atoms with Crippen molar-refractivity contribution >= 4 is 17.9 Å². The molecule has 0 aromatic rings. The van der Waals surface area contributed by atoms with E-state index in [1.807, 2.05) is 0 Å². The van der Waals surface area contributed by atoms with Gasteiger partial charge in [-0.1, -0.05) is 288 Å². The zero-order valence-corrected chi connectivity index (χ0v) is 47.8. The highest BCUT2D eigenvalue weighted by atomic mass is 16.6. The molecule has 1 atom stereocenters. The van der Waals surface area contributed by atoms with Crippen LogP contribution in [0.1, 0.15) is 342 Å². The van der Waals surface area contributed by atoms with Crippen LogP contribution in [0.2, 0.25) is 0 Å². The Morgan fingerprint density at radius 1 is 0.282 bits per heavy atom. The Morgan fingerprint density at radius 2 is 0.521 bits per heavy atom.